The molecule has 0 saturated carbocycles. The number of aromatic nitrogens is 3. The summed E-state index contributed by atoms with van der Waals surface area (Å²) in [7, 11) is 1.89. The van der Waals surface area contributed by atoms with E-state index >= 15 is 0 Å². The van der Waals surface area contributed by atoms with E-state index in [1.54, 1.807) is 4.68 Å². The smallest absolute Gasteiger partial charge is 0.295 e. The molecule has 3 rings (SSSR count). The van der Waals surface area contributed by atoms with Crippen LogP contribution in [0.1, 0.15) is 5.56 Å². The molecule has 0 bridgehead atoms. The molecule has 0 fully saturated rings. The highest BCUT2D eigenvalue weighted by atomic mass is 16.4. The summed E-state index contributed by atoms with van der Waals surface area (Å²) in [5, 5.41) is 7.23. The molecular weight excluding hydrogens is 216 g/mol. The van der Waals surface area contributed by atoms with Crippen molar-refractivity contribution < 1.29 is 4.42 Å². The molecule has 0 aliphatic heterocycles. The van der Waals surface area contributed by atoms with Crippen LogP contribution in [0.3, 0.4) is 0 Å². The Hall–Kier alpha value is -2.30. The van der Waals surface area contributed by atoms with Crippen LogP contribution in [0.15, 0.2) is 41.1 Å². The number of rotatable bonds is 3. The van der Waals surface area contributed by atoms with Crippen molar-refractivity contribution >= 4 is 17.1 Å². The highest BCUT2D eigenvalue weighted by Crippen LogP contribution is 2.18. The van der Waals surface area contributed by atoms with Gasteiger partial charge in [0.05, 0.1) is 6.20 Å². The minimum Gasteiger partial charge on any atom is -0.424 e. The number of hydrogen-bond donors (Lipinski definition) is 1. The molecule has 0 saturated heterocycles. The first-order valence-corrected chi connectivity index (χ1v) is 5.38. The zero-order valence-electron chi connectivity index (χ0n) is 9.42. The maximum Gasteiger partial charge on any atom is 0.295 e. The zero-order chi connectivity index (χ0) is 11.7. The lowest BCUT2D eigenvalue weighted by molar-refractivity contribution is 0.614. The highest BCUT2D eigenvalue weighted by Gasteiger charge is 2.04. The summed E-state index contributed by atoms with van der Waals surface area (Å²) in [6.45, 7) is 0.653. The molecule has 2 heterocycles. The van der Waals surface area contributed by atoms with Crippen molar-refractivity contribution in [1.82, 2.24) is 14.8 Å². The normalized spacial score (nSPS) is 10.9. The first-order chi connectivity index (χ1) is 8.31. The largest absolute Gasteiger partial charge is 0.424 e. The number of fused-ring (bicyclic) bond motifs is 1. The zero-order valence-corrected chi connectivity index (χ0v) is 9.42. The number of anilines is 1. The number of hydrogen-bond acceptors (Lipinski definition) is 4. The van der Waals surface area contributed by atoms with Crippen LogP contribution < -0.4 is 5.32 Å². The van der Waals surface area contributed by atoms with Gasteiger partial charge in [0.2, 0.25) is 0 Å². The molecule has 0 aliphatic carbocycles. The number of nitrogens with one attached hydrogen (secondary N) is 1. The molecule has 0 radical (unpaired) electrons. The predicted molar refractivity (Wildman–Crippen MR) is 64.5 cm³/mol. The third-order valence-corrected chi connectivity index (χ3v) is 2.50. The lowest BCUT2D eigenvalue weighted by Crippen LogP contribution is -1.98. The van der Waals surface area contributed by atoms with E-state index in [2.05, 4.69) is 15.4 Å². The van der Waals surface area contributed by atoms with Gasteiger partial charge < -0.3 is 9.73 Å². The third-order valence-electron chi connectivity index (χ3n) is 2.50. The average molecular weight is 228 g/mol. The summed E-state index contributed by atoms with van der Waals surface area (Å²) in [6, 6.07) is 8.23. The van der Waals surface area contributed by atoms with Crippen molar-refractivity contribution in [2.24, 2.45) is 7.05 Å². The Balaban J connectivity index is 1.76. The average Bonchev–Trinajstić information content (AvgIpc) is 2.91. The van der Waals surface area contributed by atoms with Gasteiger partial charge in [0.25, 0.3) is 6.01 Å². The van der Waals surface area contributed by atoms with Gasteiger partial charge in [0.15, 0.2) is 5.58 Å². The lowest BCUT2D eigenvalue weighted by atomic mass is 10.3. The quantitative estimate of drug-likeness (QED) is 0.746. The molecule has 2 aromatic heterocycles. The van der Waals surface area contributed by atoms with Crippen LogP contribution in [-0.4, -0.2) is 14.8 Å². The first kappa shape index (κ1) is 9.89. The fraction of sp³-hybridized carbons (Fsp3) is 0.167. The summed E-state index contributed by atoms with van der Waals surface area (Å²) in [4.78, 5) is 4.33. The summed E-state index contributed by atoms with van der Waals surface area (Å²) in [5.74, 6) is 0. The first-order valence-electron chi connectivity index (χ1n) is 5.38. The van der Waals surface area contributed by atoms with Crippen LogP contribution in [0.25, 0.3) is 11.1 Å². The van der Waals surface area contributed by atoms with E-state index in [-0.39, 0.29) is 0 Å². The van der Waals surface area contributed by atoms with Gasteiger partial charge >= 0.3 is 0 Å². The summed E-state index contributed by atoms with van der Waals surface area (Å²) < 4.78 is 7.31. The van der Waals surface area contributed by atoms with E-state index < -0.39 is 0 Å². The Labute approximate surface area is 98.1 Å². The van der Waals surface area contributed by atoms with Crippen LogP contribution in [0.2, 0.25) is 0 Å². The van der Waals surface area contributed by atoms with Gasteiger partial charge in [-0.25, -0.2) is 0 Å². The van der Waals surface area contributed by atoms with Crippen molar-refractivity contribution in [3.8, 4) is 0 Å². The topological polar surface area (TPSA) is 55.9 Å². The van der Waals surface area contributed by atoms with Crippen LogP contribution >= 0.6 is 0 Å². The molecule has 1 N–H and O–H groups in total. The Bertz CT molecular complexity index is 608. The van der Waals surface area contributed by atoms with Gasteiger partial charge in [-0.15, -0.1) is 0 Å². The molecular formula is C12H12N4O. The van der Waals surface area contributed by atoms with Crippen molar-refractivity contribution in [3.63, 3.8) is 0 Å². The Morgan fingerprint density at radius 2 is 2.24 bits per heavy atom. The van der Waals surface area contributed by atoms with Gasteiger partial charge in [0.1, 0.15) is 5.52 Å². The molecule has 0 aliphatic rings. The summed E-state index contributed by atoms with van der Waals surface area (Å²) >= 11 is 0. The second kappa shape index (κ2) is 3.93. The molecule has 5 nitrogen and oxygen atoms in total. The fourth-order valence-electron chi connectivity index (χ4n) is 1.69. The highest BCUT2D eigenvalue weighted by molar-refractivity contribution is 5.74. The predicted octanol–water partition coefficient (Wildman–Crippen LogP) is 2.17. The van der Waals surface area contributed by atoms with Crippen LogP contribution in [0, 0.1) is 0 Å². The molecule has 0 atom stereocenters. The maximum absolute atomic E-state index is 5.55. The van der Waals surface area contributed by atoms with Crippen LogP contribution in [0.4, 0.5) is 6.01 Å². The monoisotopic (exact) mass is 228 g/mol. The van der Waals surface area contributed by atoms with E-state index in [1.807, 2.05) is 43.7 Å². The second-order valence-corrected chi connectivity index (χ2v) is 3.86. The Kier molecular flexibility index (Phi) is 2.29. The molecule has 17 heavy (non-hydrogen) atoms. The van der Waals surface area contributed by atoms with Crippen molar-refractivity contribution in [1.29, 1.82) is 0 Å². The standard InChI is InChI=1S/C12H12N4O/c1-16-8-9(7-14-16)6-13-12-15-10-4-2-3-5-11(10)17-12/h2-5,7-8H,6H2,1H3,(H,13,15). The molecule has 0 amide bonds. The van der Waals surface area contributed by atoms with Gasteiger partial charge in [-0.2, -0.15) is 10.1 Å². The third kappa shape index (κ3) is 1.99. The number of nitrogens with zero attached hydrogens (tertiary/aromatic N) is 3. The Morgan fingerprint density at radius 1 is 1.35 bits per heavy atom. The minimum atomic E-state index is 0.537. The van der Waals surface area contributed by atoms with Gasteiger partial charge in [-0.1, -0.05) is 12.1 Å². The van der Waals surface area contributed by atoms with Crippen LogP contribution in [0.5, 0.6) is 0 Å². The number of benzene rings is 1. The van der Waals surface area contributed by atoms with Crippen LogP contribution in [-0.2, 0) is 13.6 Å². The summed E-state index contributed by atoms with van der Waals surface area (Å²) in [5.41, 5.74) is 2.75. The van der Waals surface area contributed by atoms with E-state index in [4.69, 9.17) is 4.42 Å². The van der Waals surface area contributed by atoms with E-state index in [0.717, 1.165) is 16.7 Å². The number of aryl methyl sites for hydroxylation is 1. The van der Waals surface area contributed by atoms with Gasteiger partial charge in [0, 0.05) is 25.4 Å². The second-order valence-electron chi connectivity index (χ2n) is 3.86. The van der Waals surface area contributed by atoms with E-state index in [0.29, 0.717) is 12.6 Å². The fourth-order valence-corrected chi connectivity index (χ4v) is 1.69. The van der Waals surface area contributed by atoms with Crippen molar-refractivity contribution in [2.45, 2.75) is 6.54 Å². The molecule has 86 valence electrons. The SMILES string of the molecule is Cn1cc(CNc2nc3ccccc3o2)cn1. The molecule has 5 heteroatoms. The number of para-hydroxylation sites is 2. The van der Waals surface area contributed by atoms with E-state index in [9.17, 15) is 0 Å². The van der Waals surface area contributed by atoms with Gasteiger partial charge in [-0.05, 0) is 12.1 Å². The van der Waals surface area contributed by atoms with E-state index in [1.165, 1.54) is 0 Å². The minimum absolute atomic E-state index is 0.537. The molecule has 3 aromatic rings. The van der Waals surface area contributed by atoms with Crippen molar-refractivity contribution in [3.05, 3.63) is 42.2 Å². The number of oxazole rings is 1. The summed E-state index contributed by atoms with van der Waals surface area (Å²) in [6.07, 6.45) is 3.77. The molecule has 0 spiro atoms. The lowest BCUT2D eigenvalue weighted by Gasteiger charge is -1.96. The molecule has 1 aromatic carbocycles. The maximum atomic E-state index is 5.55. The van der Waals surface area contributed by atoms with Crippen molar-refractivity contribution in [2.75, 3.05) is 5.32 Å². The molecule has 0 unspecified atom stereocenters. The Morgan fingerprint density at radius 3 is 3.00 bits per heavy atom. The van der Waals surface area contributed by atoms with Gasteiger partial charge in [-0.3, -0.25) is 4.68 Å².